The van der Waals surface area contributed by atoms with Gasteiger partial charge in [0.1, 0.15) is 0 Å². The maximum Gasteiger partial charge on any atom is 0.255 e. The second-order valence-corrected chi connectivity index (χ2v) is 7.27. The maximum absolute atomic E-state index is 12.6. The number of carbonyl (C=O) groups is 2. The van der Waals surface area contributed by atoms with E-state index < -0.39 is 0 Å². The number of hydrogen-bond acceptors (Lipinski definition) is 3. The van der Waals surface area contributed by atoms with Gasteiger partial charge in [0.15, 0.2) is 0 Å². The van der Waals surface area contributed by atoms with Crippen molar-refractivity contribution in [1.29, 1.82) is 0 Å². The Bertz CT molecular complexity index is 792. The molecule has 2 aromatic rings. The standard InChI is InChI=1S/C21H28N4O2/c1-15-20(16(2)25(24-15)14-17-9-5-3-6-10-17)21(27)22-13-19(26)23-18-11-7-4-8-12-18/h3,5-6,9-10,18H,4,7-8,11-14H2,1-2H3,(H,22,27)(H,23,26). The fourth-order valence-corrected chi connectivity index (χ4v) is 3.71. The summed E-state index contributed by atoms with van der Waals surface area (Å²) in [5.41, 5.74) is 3.16. The third-order valence-electron chi connectivity index (χ3n) is 5.16. The molecule has 1 aliphatic rings. The van der Waals surface area contributed by atoms with Crippen LogP contribution in [0, 0.1) is 13.8 Å². The third-order valence-corrected chi connectivity index (χ3v) is 5.16. The minimum atomic E-state index is -0.247. The Labute approximate surface area is 160 Å². The highest BCUT2D eigenvalue weighted by Gasteiger charge is 2.20. The Hall–Kier alpha value is -2.63. The molecule has 0 aliphatic heterocycles. The summed E-state index contributed by atoms with van der Waals surface area (Å²) in [6.07, 6.45) is 5.63. The average molecular weight is 368 g/mol. The summed E-state index contributed by atoms with van der Waals surface area (Å²) in [6, 6.07) is 10.3. The Morgan fingerprint density at radius 2 is 1.81 bits per heavy atom. The van der Waals surface area contributed by atoms with Gasteiger partial charge in [0.05, 0.1) is 24.3 Å². The number of nitrogens with zero attached hydrogens (tertiary/aromatic N) is 2. The number of rotatable bonds is 6. The summed E-state index contributed by atoms with van der Waals surface area (Å²) in [5.74, 6) is -0.370. The maximum atomic E-state index is 12.6. The molecule has 6 heteroatoms. The van der Waals surface area contributed by atoms with Gasteiger partial charge < -0.3 is 10.6 Å². The molecule has 1 aromatic carbocycles. The van der Waals surface area contributed by atoms with Gasteiger partial charge in [-0.15, -0.1) is 0 Å². The highest BCUT2D eigenvalue weighted by atomic mass is 16.2. The first kappa shape index (κ1) is 19.1. The van der Waals surface area contributed by atoms with Crippen LogP contribution >= 0.6 is 0 Å². The zero-order chi connectivity index (χ0) is 19.2. The molecule has 27 heavy (non-hydrogen) atoms. The number of aromatic nitrogens is 2. The Morgan fingerprint density at radius 1 is 1.11 bits per heavy atom. The number of aryl methyl sites for hydroxylation is 1. The Kier molecular flexibility index (Phi) is 6.27. The molecule has 1 aliphatic carbocycles. The second kappa shape index (κ2) is 8.84. The molecule has 2 N–H and O–H groups in total. The predicted molar refractivity (Wildman–Crippen MR) is 105 cm³/mol. The molecule has 0 unspecified atom stereocenters. The lowest BCUT2D eigenvalue weighted by molar-refractivity contribution is -0.121. The van der Waals surface area contributed by atoms with Crippen LogP contribution in [0.5, 0.6) is 0 Å². The number of carbonyl (C=O) groups excluding carboxylic acids is 2. The highest BCUT2D eigenvalue weighted by molar-refractivity contribution is 5.98. The van der Waals surface area contributed by atoms with E-state index in [1.807, 2.05) is 48.9 Å². The van der Waals surface area contributed by atoms with Gasteiger partial charge in [-0.25, -0.2) is 0 Å². The fourth-order valence-electron chi connectivity index (χ4n) is 3.71. The molecule has 6 nitrogen and oxygen atoms in total. The van der Waals surface area contributed by atoms with Crippen molar-refractivity contribution in [3.63, 3.8) is 0 Å². The van der Waals surface area contributed by atoms with Crippen LogP contribution in [0.25, 0.3) is 0 Å². The SMILES string of the molecule is Cc1nn(Cc2ccccc2)c(C)c1C(=O)NCC(=O)NC1CCCCC1. The number of hydrogen-bond donors (Lipinski definition) is 2. The summed E-state index contributed by atoms with van der Waals surface area (Å²) in [4.78, 5) is 24.7. The first-order chi connectivity index (χ1) is 13.0. The van der Waals surface area contributed by atoms with E-state index in [2.05, 4.69) is 15.7 Å². The first-order valence-electron chi connectivity index (χ1n) is 9.70. The van der Waals surface area contributed by atoms with Crippen LogP contribution in [-0.2, 0) is 11.3 Å². The van der Waals surface area contributed by atoms with Crippen LogP contribution in [-0.4, -0.2) is 34.2 Å². The molecule has 1 heterocycles. The minimum absolute atomic E-state index is 0.00191. The van der Waals surface area contributed by atoms with Crippen molar-refractivity contribution in [1.82, 2.24) is 20.4 Å². The summed E-state index contributed by atoms with van der Waals surface area (Å²) in [5, 5.41) is 10.3. The molecular weight excluding hydrogens is 340 g/mol. The van der Waals surface area contributed by atoms with Crippen LogP contribution in [0.2, 0.25) is 0 Å². The van der Waals surface area contributed by atoms with Crippen molar-refractivity contribution in [2.75, 3.05) is 6.54 Å². The number of benzene rings is 1. The van der Waals surface area contributed by atoms with E-state index in [1.165, 1.54) is 6.42 Å². The van der Waals surface area contributed by atoms with E-state index in [1.54, 1.807) is 0 Å². The van der Waals surface area contributed by atoms with Gasteiger partial charge in [-0.1, -0.05) is 49.6 Å². The van der Waals surface area contributed by atoms with Gasteiger partial charge >= 0.3 is 0 Å². The van der Waals surface area contributed by atoms with Crippen LogP contribution in [0.3, 0.4) is 0 Å². The van der Waals surface area contributed by atoms with Gasteiger partial charge in [0.25, 0.3) is 5.91 Å². The van der Waals surface area contributed by atoms with E-state index in [9.17, 15) is 9.59 Å². The zero-order valence-corrected chi connectivity index (χ0v) is 16.1. The van der Waals surface area contributed by atoms with Crippen molar-refractivity contribution in [2.24, 2.45) is 0 Å². The fraction of sp³-hybridized carbons (Fsp3) is 0.476. The highest BCUT2D eigenvalue weighted by Crippen LogP contribution is 2.17. The van der Waals surface area contributed by atoms with Gasteiger partial charge in [-0.05, 0) is 32.3 Å². The zero-order valence-electron chi connectivity index (χ0n) is 16.1. The lowest BCUT2D eigenvalue weighted by atomic mass is 9.95. The predicted octanol–water partition coefficient (Wildman–Crippen LogP) is 2.73. The van der Waals surface area contributed by atoms with E-state index >= 15 is 0 Å². The van der Waals surface area contributed by atoms with E-state index in [0.717, 1.165) is 36.9 Å². The smallest absolute Gasteiger partial charge is 0.255 e. The Balaban J connectivity index is 1.58. The van der Waals surface area contributed by atoms with Crippen LogP contribution in [0.15, 0.2) is 30.3 Å². The van der Waals surface area contributed by atoms with Crippen molar-refractivity contribution < 1.29 is 9.59 Å². The average Bonchev–Trinajstić information content (AvgIpc) is 2.95. The summed E-state index contributed by atoms with van der Waals surface area (Å²) in [6.45, 7) is 4.33. The first-order valence-corrected chi connectivity index (χ1v) is 9.70. The number of nitrogens with one attached hydrogen (secondary N) is 2. The molecule has 1 fully saturated rings. The summed E-state index contributed by atoms with van der Waals surface area (Å²) in [7, 11) is 0. The molecule has 0 bridgehead atoms. The summed E-state index contributed by atoms with van der Waals surface area (Å²) >= 11 is 0. The van der Waals surface area contributed by atoms with Gasteiger partial charge in [-0.2, -0.15) is 5.10 Å². The molecule has 0 saturated heterocycles. The minimum Gasteiger partial charge on any atom is -0.352 e. The van der Waals surface area contributed by atoms with Gasteiger partial charge in [0.2, 0.25) is 5.91 Å². The molecule has 0 radical (unpaired) electrons. The third kappa shape index (κ3) is 4.96. The van der Waals surface area contributed by atoms with Gasteiger partial charge in [-0.3, -0.25) is 14.3 Å². The quantitative estimate of drug-likeness (QED) is 0.823. The topological polar surface area (TPSA) is 76.0 Å². The molecule has 3 rings (SSSR count). The summed E-state index contributed by atoms with van der Waals surface area (Å²) < 4.78 is 1.83. The van der Waals surface area contributed by atoms with Gasteiger partial charge in [0, 0.05) is 11.7 Å². The lowest BCUT2D eigenvalue weighted by Gasteiger charge is -2.22. The molecule has 0 atom stereocenters. The van der Waals surface area contributed by atoms with Crippen LogP contribution in [0.1, 0.15) is 59.4 Å². The largest absolute Gasteiger partial charge is 0.352 e. The van der Waals surface area contributed by atoms with E-state index in [-0.39, 0.29) is 24.4 Å². The van der Waals surface area contributed by atoms with Crippen molar-refractivity contribution in [3.05, 3.63) is 52.8 Å². The van der Waals surface area contributed by atoms with Crippen LogP contribution in [0.4, 0.5) is 0 Å². The van der Waals surface area contributed by atoms with E-state index in [4.69, 9.17) is 0 Å². The Morgan fingerprint density at radius 3 is 2.52 bits per heavy atom. The molecule has 1 aromatic heterocycles. The molecule has 0 spiro atoms. The molecule has 1 saturated carbocycles. The van der Waals surface area contributed by atoms with Crippen LogP contribution < -0.4 is 10.6 Å². The van der Waals surface area contributed by atoms with Crippen molar-refractivity contribution >= 4 is 11.8 Å². The monoisotopic (exact) mass is 368 g/mol. The number of amides is 2. The van der Waals surface area contributed by atoms with E-state index in [0.29, 0.717) is 17.8 Å². The normalized spacial score (nSPS) is 14.7. The van der Waals surface area contributed by atoms with Crippen molar-refractivity contribution in [3.8, 4) is 0 Å². The second-order valence-electron chi connectivity index (χ2n) is 7.27. The molecule has 2 amide bonds. The van der Waals surface area contributed by atoms with Crippen molar-refractivity contribution in [2.45, 2.75) is 58.5 Å². The lowest BCUT2D eigenvalue weighted by Crippen LogP contribution is -2.42. The molecular formula is C21H28N4O2. The molecule has 144 valence electrons.